The quantitative estimate of drug-likeness (QED) is 0.382. The highest BCUT2D eigenvalue weighted by molar-refractivity contribution is 6.30. The molecular weight excluding hydrogens is 430 g/mol. The predicted octanol–water partition coefficient (Wildman–Crippen LogP) is 3.81. The van der Waals surface area contributed by atoms with Crippen LogP contribution < -0.4 is 20.2 Å². The minimum absolute atomic E-state index is 0.195. The van der Waals surface area contributed by atoms with E-state index in [4.69, 9.17) is 21.1 Å². The third-order valence-electron chi connectivity index (χ3n) is 4.36. The van der Waals surface area contributed by atoms with E-state index in [2.05, 4.69) is 15.8 Å². The number of nitrogens with one attached hydrogen (secondary N) is 2. The summed E-state index contributed by atoms with van der Waals surface area (Å²) in [6.45, 7) is 0.239. The third kappa shape index (κ3) is 7.14. The Morgan fingerprint density at radius 1 is 0.938 bits per heavy atom. The fourth-order valence-corrected chi connectivity index (χ4v) is 2.75. The number of nitrogens with zero attached hydrogens (tertiary/aromatic N) is 1. The first-order valence-electron chi connectivity index (χ1n) is 9.75. The molecule has 3 rings (SSSR count). The maximum Gasteiger partial charge on any atom is 0.259 e. The van der Waals surface area contributed by atoms with Crippen LogP contribution in [0.2, 0.25) is 5.02 Å². The molecule has 0 unspecified atom stereocenters. The summed E-state index contributed by atoms with van der Waals surface area (Å²) >= 11 is 5.87. The summed E-state index contributed by atoms with van der Waals surface area (Å²) in [5, 5.41) is 7.12. The number of carbonyl (C=O) groups is 2. The van der Waals surface area contributed by atoms with Crippen LogP contribution in [0.15, 0.2) is 77.9 Å². The summed E-state index contributed by atoms with van der Waals surface area (Å²) in [5.41, 5.74) is 4.61. The van der Waals surface area contributed by atoms with E-state index in [-0.39, 0.29) is 12.5 Å². The molecule has 2 amide bonds. The zero-order valence-corrected chi connectivity index (χ0v) is 18.1. The maximum atomic E-state index is 12.0. The summed E-state index contributed by atoms with van der Waals surface area (Å²) in [6.07, 6.45) is 1.51. The number of hydrogen-bond donors (Lipinski definition) is 2. The molecule has 0 spiro atoms. The van der Waals surface area contributed by atoms with Gasteiger partial charge in [0.05, 0.1) is 19.9 Å². The Hall–Kier alpha value is -3.84. The van der Waals surface area contributed by atoms with Crippen molar-refractivity contribution < 1.29 is 19.1 Å². The first-order valence-corrected chi connectivity index (χ1v) is 10.1. The molecule has 0 aromatic heterocycles. The van der Waals surface area contributed by atoms with Gasteiger partial charge in [-0.3, -0.25) is 9.59 Å². The molecule has 0 aliphatic rings. The van der Waals surface area contributed by atoms with Crippen LogP contribution in [-0.4, -0.2) is 31.7 Å². The van der Waals surface area contributed by atoms with Crippen LogP contribution in [0.3, 0.4) is 0 Å². The number of hydrogen-bond acceptors (Lipinski definition) is 5. The molecule has 0 aliphatic heterocycles. The highest BCUT2D eigenvalue weighted by Gasteiger charge is 2.07. The van der Waals surface area contributed by atoms with E-state index >= 15 is 0 Å². The summed E-state index contributed by atoms with van der Waals surface area (Å²) in [4.78, 5) is 23.9. The van der Waals surface area contributed by atoms with Crippen LogP contribution in [-0.2, 0) is 11.4 Å². The number of hydrazone groups is 1. The summed E-state index contributed by atoms with van der Waals surface area (Å²) in [7, 11) is 1.55. The van der Waals surface area contributed by atoms with Crippen LogP contribution in [0.1, 0.15) is 21.5 Å². The lowest BCUT2D eigenvalue weighted by molar-refractivity contribution is -0.120. The minimum atomic E-state index is -0.439. The molecule has 0 saturated carbocycles. The van der Waals surface area contributed by atoms with Gasteiger partial charge in [0.1, 0.15) is 18.1 Å². The van der Waals surface area contributed by atoms with Gasteiger partial charge < -0.3 is 14.8 Å². The molecule has 0 heterocycles. The second kappa shape index (κ2) is 11.5. The van der Waals surface area contributed by atoms with Crippen LogP contribution >= 0.6 is 11.6 Å². The fourth-order valence-electron chi connectivity index (χ4n) is 2.62. The van der Waals surface area contributed by atoms with Crippen molar-refractivity contribution in [3.63, 3.8) is 0 Å². The monoisotopic (exact) mass is 451 g/mol. The van der Waals surface area contributed by atoms with Gasteiger partial charge in [-0.25, -0.2) is 5.43 Å². The van der Waals surface area contributed by atoms with Gasteiger partial charge in [-0.15, -0.1) is 0 Å². The Bertz CT molecular complexity index is 1070. The largest absolute Gasteiger partial charge is 0.497 e. The first kappa shape index (κ1) is 22.8. The molecule has 3 aromatic carbocycles. The predicted molar refractivity (Wildman–Crippen MR) is 123 cm³/mol. The average Bonchev–Trinajstić information content (AvgIpc) is 2.83. The van der Waals surface area contributed by atoms with Crippen molar-refractivity contribution in [2.75, 3.05) is 13.7 Å². The summed E-state index contributed by atoms with van der Waals surface area (Å²) in [6, 6.07) is 21.3. The maximum absolute atomic E-state index is 12.0. The van der Waals surface area contributed by atoms with Gasteiger partial charge in [0.2, 0.25) is 0 Å². The van der Waals surface area contributed by atoms with Crippen LogP contribution in [0.5, 0.6) is 11.5 Å². The van der Waals surface area contributed by atoms with E-state index in [0.29, 0.717) is 28.7 Å². The fraction of sp³-hybridized carbons (Fsp3) is 0.125. The number of methoxy groups -OCH3 is 1. The van der Waals surface area contributed by atoms with Gasteiger partial charge in [-0.2, -0.15) is 5.10 Å². The van der Waals surface area contributed by atoms with Gasteiger partial charge in [-0.1, -0.05) is 23.7 Å². The summed E-state index contributed by atoms with van der Waals surface area (Å²) in [5.74, 6) is 0.559. The molecule has 164 valence electrons. The molecular formula is C24H22ClN3O4. The third-order valence-corrected chi connectivity index (χ3v) is 4.62. The molecule has 8 heteroatoms. The van der Waals surface area contributed by atoms with Gasteiger partial charge in [0, 0.05) is 10.6 Å². The summed E-state index contributed by atoms with van der Waals surface area (Å²) < 4.78 is 10.8. The topological polar surface area (TPSA) is 89.0 Å². The van der Waals surface area contributed by atoms with Crippen molar-refractivity contribution in [1.29, 1.82) is 0 Å². The van der Waals surface area contributed by atoms with Crippen molar-refractivity contribution in [2.24, 2.45) is 5.10 Å². The molecule has 0 aliphatic carbocycles. The normalized spacial score (nSPS) is 10.6. The van der Waals surface area contributed by atoms with Crippen molar-refractivity contribution in [1.82, 2.24) is 10.7 Å². The lowest BCUT2D eigenvalue weighted by Crippen LogP contribution is -2.34. The lowest BCUT2D eigenvalue weighted by Gasteiger charge is -2.07. The zero-order valence-electron chi connectivity index (χ0n) is 17.4. The van der Waals surface area contributed by atoms with Gasteiger partial charge in [0.25, 0.3) is 11.8 Å². The minimum Gasteiger partial charge on any atom is -0.497 e. The standard InChI is InChI=1S/C24H22ClN3O4/c1-31-21-12-6-19(7-13-21)24(30)26-15-23(29)28-27-14-17-4-10-22(11-5-17)32-16-18-2-8-20(25)9-3-18/h2-14H,15-16H2,1H3,(H,26,30)(H,28,29). The molecule has 0 saturated heterocycles. The van der Waals surface area contributed by atoms with E-state index in [1.165, 1.54) is 6.21 Å². The highest BCUT2D eigenvalue weighted by atomic mass is 35.5. The van der Waals surface area contributed by atoms with Gasteiger partial charge >= 0.3 is 0 Å². The first-order chi connectivity index (χ1) is 15.5. The molecule has 0 radical (unpaired) electrons. The second-order valence-electron chi connectivity index (χ2n) is 6.69. The van der Waals surface area contributed by atoms with Gasteiger partial charge in [-0.05, 0) is 71.8 Å². The Morgan fingerprint density at radius 2 is 1.59 bits per heavy atom. The smallest absolute Gasteiger partial charge is 0.259 e. The van der Waals surface area contributed by atoms with E-state index in [0.717, 1.165) is 11.1 Å². The zero-order chi connectivity index (χ0) is 22.8. The molecule has 2 N–H and O–H groups in total. The average molecular weight is 452 g/mol. The molecule has 0 bridgehead atoms. The van der Waals surface area contributed by atoms with Gasteiger partial charge in [0.15, 0.2) is 0 Å². The number of amides is 2. The van der Waals surface area contributed by atoms with Crippen molar-refractivity contribution in [2.45, 2.75) is 6.61 Å². The van der Waals surface area contributed by atoms with Crippen molar-refractivity contribution in [3.8, 4) is 11.5 Å². The van der Waals surface area contributed by atoms with Crippen LogP contribution in [0.25, 0.3) is 0 Å². The number of benzene rings is 3. The Morgan fingerprint density at radius 3 is 2.25 bits per heavy atom. The van der Waals surface area contributed by atoms with Crippen molar-refractivity contribution >= 4 is 29.6 Å². The van der Waals surface area contributed by atoms with E-state index in [1.807, 2.05) is 48.5 Å². The Balaban J connectivity index is 1.40. The number of ether oxygens (including phenoxy) is 2. The van der Waals surface area contributed by atoms with E-state index < -0.39 is 5.91 Å². The molecule has 3 aromatic rings. The van der Waals surface area contributed by atoms with E-state index in [9.17, 15) is 9.59 Å². The van der Waals surface area contributed by atoms with Crippen molar-refractivity contribution in [3.05, 3.63) is 94.5 Å². The molecule has 0 fully saturated rings. The number of halogens is 1. The van der Waals surface area contributed by atoms with Crippen LogP contribution in [0.4, 0.5) is 0 Å². The van der Waals surface area contributed by atoms with Crippen LogP contribution in [0, 0.1) is 0 Å². The Labute approximate surface area is 191 Å². The molecule has 32 heavy (non-hydrogen) atoms. The number of carbonyl (C=O) groups excluding carboxylic acids is 2. The molecule has 0 atom stereocenters. The second-order valence-corrected chi connectivity index (χ2v) is 7.12. The molecule has 7 nitrogen and oxygen atoms in total. The Kier molecular flexibility index (Phi) is 8.22. The lowest BCUT2D eigenvalue weighted by atomic mass is 10.2. The SMILES string of the molecule is COc1ccc(C(=O)NCC(=O)NN=Cc2ccc(OCc3ccc(Cl)cc3)cc2)cc1. The highest BCUT2D eigenvalue weighted by Crippen LogP contribution is 2.15. The van der Waals surface area contributed by atoms with E-state index in [1.54, 1.807) is 31.4 Å². The number of rotatable bonds is 9.